The van der Waals surface area contributed by atoms with Crippen LogP contribution in [0.25, 0.3) is 10.9 Å². The number of aromatic nitrogens is 2. The molecular formula is C24H31FIN7. The van der Waals surface area contributed by atoms with Crippen LogP contribution in [0.4, 0.5) is 16.0 Å². The van der Waals surface area contributed by atoms with Crippen molar-refractivity contribution in [2.75, 3.05) is 43.5 Å². The van der Waals surface area contributed by atoms with Crippen molar-refractivity contribution in [3.05, 3.63) is 60.0 Å². The molecule has 0 amide bonds. The minimum atomic E-state index is -0.282. The number of para-hydroxylation sites is 1. The second-order valence-corrected chi connectivity index (χ2v) is 8.13. The molecule has 1 atom stereocenters. The van der Waals surface area contributed by atoms with Gasteiger partial charge in [0.2, 0.25) is 0 Å². The number of anilines is 2. The molecule has 1 aliphatic rings. The van der Waals surface area contributed by atoms with Crippen LogP contribution in [0.5, 0.6) is 0 Å². The molecule has 1 unspecified atom stereocenters. The van der Waals surface area contributed by atoms with E-state index in [1.54, 1.807) is 12.3 Å². The molecule has 2 aromatic heterocycles. The first-order valence-corrected chi connectivity index (χ1v) is 11.0. The summed E-state index contributed by atoms with van der Waals surface area (Å²) in [6.45, 7) is 4.78. The number of guanidine groups is 1. The number of fused-ring (bicyclic) bond motifs is 1. The molecule has 0 saturated carbocycles. The lowest BCUT2D eigenvalue weighted by molar-refractivity contribution is 0.612. The zero-order valence-corrected chi connectivity index (χ0v) is 21.6. The van der Waals surface area contributed by atoms with Crippen molar-refractivity contribution in [2.24, 2.45) is 4.99 Å². The first-order valence-electron chi connectivity index (χ1n) is 11.0. The third kappa shape index (κ3) is 6.01. The van der Waals surface area contributed by atoms with Gasteiger partial charge >= 0.3 is 0 Å². The molecule has 1 saturated heterocycles. The minimum Gasteiger partial charge on any atom is -0.363 e. The van der Waals surface area contributed by atoms with Gasteiger partial charge in [0, 0.05) is 51.4 Å². The van der Waals surface area contributed by atoms with E-state index in [1.165, 1.54) is 6.07 Å². The lowest BCUT2D eigenvalue weighted by atomic mass is 10.1. The molecule has 1 aromatic carbocycles. The predicted molar refractivity (Wildman–Crippen MR) is 144 cm³/mol. The standard InChI is InChI=1S/C24H30FN7.HI/c1-4-26-24(29-18-11-13-32(16-18)23-20(25)9-7-12-27-23)28-15-17-14-22(31(2)3)30-21-10-6-5-8-19(17)21;/h5-10,12,14,18H,4,11,13,15-16H2,1-3H3,(H2,26,28,29);1H. The fourth-order valence-electron chi connectivity index (χ4n) is 3.95. The molecule has 9 heteroatoms. The van der Waals surface area contributed by atoms with Gasteiger partial charge in [-0.05, 0) is 43.2 Å². The van der Waals surface area contributed by atoms with E-state index < -0.39 is 0 Å². The van der Waals surface area contributed by atoms with Crippen molar-refractivity contribution < 1.29 is 4.39 Å². The van der Waals surface area contributed by atoms with E-state index >= 15 is 0 Å². The molecule has 33 heavy (non-hydrogen) atoms. The Labute approximate surface area is 211 Å². The van der Waals surface area contributed by atoms with Crippen molar-refractivity contribution in [3.63, 3.8) is 0 Å². The predicted octanol–water partition coefficient (Wildman–Crippen LogP) is 3.79. The number of nitrogens with one attached hydrogen (secondary N) is 2. The van der Waals surface area contributed by atoms with Gasteiger partial charge in [-0.3, -0.25) is 0 Å². The highest BCUT2D eigenvalue weighted by Gasteiger charge is 2.26. The Kier molecular flexibility index (Phi) is 8.65. The fraction of sp³-hybridized carbons (Fsp3) is 0.375. The van der Waals surface area contributed by atoms with Gasteiger partial charge in [0.15, 0.2) is 17.6 Å². The van der Waals surface area contributed by atoms with Crippen LogP contribution in [0.3, 0.4) is 0 Å². The van der Waals surface area contributed by atoms with Crippen LogP contribution in [-0.4, -0.2) is 55.7 Å². The van der Waals surface area contributed by atoms with E-state index in [4.69, 9.17) is 9.98 Å². The van der Waals surface area contributed by atoms with Crippen molar-refractivity contribution in [1.82, 2.24) is 20.6 Å². The van der Waals surface area contributed by atoms with E-state index in [1.807, 2.05) is 49.0 Å². The summed E-state index contributed by atoms with van der Waals surface area (Å²) in [6.07, 6.45) is 2.52. The number of hydrogen-bond acceptors (Lipinski definition) is 5. The molecule has 176 valence electrons. The first-order chi connectivity index (χ1) is 15.5. The molecule has 0 bridgehead atoms. The summed E-state index contributed by atoms with van der Waals surface area (Å²) < 4.78 is 14.1. The van der Waals surface area contributed by atoms with Gasteiger partial charge in [0.05, 0.1) is 12.1 Å². The molecule has 4 rings (SSSR count). The Hall–Kier alpha value is -2.69. The van der Waals surface area contributed by atoms with Crippen molar-refractivity contribution in [3.8, 4) is 0 Å². The highest BCUT2D eigenvalue weighted by atomic mass is 127. The van der Waals surface area contributed by atoms with Crippen LogP contribution in [0.1, 0.15) is 18.9 Å². The molecule has 0 radical (unpaired) electrons. The quantitative estimate of drug-likeness (QED) is 0.271. The normalized spacial score (nSPS) is 15.9. The third-order valence-electron chi connectivity index (χ3n) is 5.57. The van der Waals surface area contributed by atoms with Gasteiger partial charge in [0.1, 0.15) is 5.82 Å². The molecule has 1 aliphatic heterocycles. The maximum Gasteiger partial charge on any atom is 0.191 e. The average molecular weight is 563 g/mol. The molecule has 0 aliphatic carbocycles. The second-order valence-electron chi connectivity index (χ2n) is 8.13. The van der Waals surface area contributed by atoms with Crippen molar-refractivity contribution in [2.45, 2.75) is 25.9 Å². The number of halogens is 2. The number of nitrogens with zero attached hydrogens (tertiary/aromatic N) is 5. The molecular weight excluding hydrogens is 532 g/mol. The summed E-state index contributed by atoms with van der Waals surface area (Å²) in [5, 5.41) is 7.96. The summed E-state index contributed by atoms with van der Waals surface area (Å²) in [4.78, 5) is 17.8. The molecule has 3 aromatic rings. The molecule has 1 fully saturated rings. The van der Waals surface area contributed by atoms with Crippen LogP contribution >= 0.6 is 24.0 Å². The SMILES string of the molecule is CCNC(=NCc1cc(N(C)C)nc2ccccc12)NC1CCN(c2ncccc2F)C1.I. The van der Waals surface area contributed by atoms with Crippen LogP contribution in [-0.2, 0) is 6.54 Å². The maximum absolute atomic E-state index is 14.1. The number of rotatable bonds is 6. The Balaban J connectivity index is 0.00000306. The number of benzene rings is 1. The summed E-state index contributed by atoms with van der Waals surface area (Å²) in [5.41, 5.74) is 2.09. The average Bonchev–Trinajstić information content (AvgIpc) is 3.25. The highest BCUT2D eigenvalue weighted by molar-refractivity contribution is 14.0. The summed E-state index contributed by atoms with van der Waals surface area (Å²) in [6, 6.07) is 13.5. The second kappa shape index (κ2) is 11.4. The maximum atomic E-state index is 14.1. The Morgan fingerprint density at radius 1 is 1.24 bits per heavy atom. The summed E-state index contributed by atoms with van der Waals surface area (Å²) in [5.74, 6) is 1.80. The van der Waals surface area contributed by atoms with Crippen molar-refractivity contribution in [1.29, 1.82) is 0 Å². The first kappa shape index (κ1) is 24.9. The Morgan fingerprint density at radius 2 is 2.06 bits per heavy atom. The lowest BCUT2D eigenvalue weighted by Crippen LogP contribution is -2.44. The van der Waals surface area contributed by atoms with Crippen molar-refractivity contribution >= 4 is 52.5 Å². The number of hydrogen-bond donors (Lipinski definition) is 2. The number of aliphatic imine (C=N–C) groups is 1. The zero-order valence-electron chi connectivity index (χ0n) is 19.3. The third-order valence-corrected chi connectivity index (χ3v) is 5.57. The lowest BCUT2D eigenvalue weighted by Gasteiger charge is -2.20. The van der Waals surface area contributed by atoms with E-state index in [9.17, 15) is 4.39 Å². The largest absolute Gasteiger partial charge is 0.363 e. The highest BCUT2D eigenvalue weighted by Crippen LogP contribution is 2.23. The molecule has 2 N–H and O–H groups in total. The van der Waals surface area contributed by atoms with Gasteiger partial charge in [-0.2, -0.15) is 0 Å². The van der Waals surface area contributed by atoms with Crippen LogP contribution in [0, 0.1) is 5.82 Å². The minimum absolute atomic E-state index is 0. The van der Waals surface area contributed by atoms with Crippen LogP contribution in [0.2, 0.25) is 0 Å². The molecule has 7 nitrogen and oxygen atoms in total. The molecule has 0 spiro atoms. The fourth-order valence-corrected chi connectivity index (χ4v) is 3.95. The van der Waals surface area contributed by atoms with E-state index in [-0.39, 0.29) is 35.8 Å². The van der Waals surface area contributed by atoms with Gasteiger partial charge in [-0.1, -0.05) is 18.2 Å². The van der Waals surface area contributed by atoms with E-state index in [0.29, 0.717) is 18.9 Å². The van der Waals surface area contributed by atoms with Gasteiger partial charge in [-0.25, -0.2) is 19.4 Å². The van der Waals surface area contributed by atoms with Gasteiger partial charge in [0.25, 0.3) is 0 Å². The topological polar surface area (TPSA) is 68.7 Å². The zero-order chi connectivity index (χ0) is 22.5. The summed E-state index contributed by atoms with van der Waals surface area (Å²) >= 11 is 0. The summed E-state index contributed by atoms with van der Waals surface area (Å²) in [7, 11) is 3.98. The Bertz CT molecular complexity index is 1110. The van der Waals surface area contributed by atoms with E-state index in [0.717, 1.165) is 47.8 Å². The van der Waals surface area contributed by atoms with Gasteiger partial charge in [-0.15, -0.1) is 24.0 Å². The molecule has 3 heterocycles. The van der Waals surface area contributed by atoms with Crippen LogP contribution in [0.15, 0.2) is 53.7 Å². The number of pyridine rings is 2. The van der Waals surface area contributed by atoms with Gasteiger partial charge < -0.3 is 20.4 Å². The monoisotopic (exact) mass is 563 g/mol. The smallest absolute Gasteiger partial charge is 0.191 e. The Morgan fingerprint density at radius 3 is 2.82 bits per heavy atom. The van der Waals surface area contributed by atoms with E-state index in [2.05, 4.69) is 27.8 Å². The van der Waals surface area contributed by atoms with Crippen LogP contribution < -0.4 is 20.4 Å².